The van der Waals surface area contributed by atoms with Crippen molar-refractivity contribution in [3.05, 3.63) is 29.8 Å². The number of piperidine rings is 1. The van der Waals surface area contributed by atoms with Gasteiger partial charge in [-0.25, -0.2) is 0 Å². The molecule has 0 spiro atoms. The lowest BCUT2D eigenvalue weighted by Gasteiger charge is -2.34. The number of nitrogens with one attached hydrogen (secondary N) is 2. The van der Waals surface area contributed by atoms with Gasteiger partial charge in [0.05, 0.1) is 12.0 Å². The van der Waals surface area contributed by atoms with E-state index in [1.807, 2.05) is 38.1 Å². The second-order valence-electron chi connectivity index (χ2n) is 8.76. The van der Waals surface area contributed by atoms with E-state index in [1.54, 1.807) is 0 Å². The van der Waals surface area contributed by atoms with Crippen LogP contribution in [-0.4, -0.2) is 42.9 Å². The highest BCUT2D eigenvalue weighted by molar-refractivity contribution is 5.95. The summed E-state index contributed by atoms with van der Waals surface area (Å²) in [4.78, 5) is 27.1. The Morgan fingerprint density at radius 3 is 2.06 bits per heavy atom. The van der Waals surface area contributed by atoms with Crippen molar-refractivity contribution in [1.82, 2.24) is 5.32 Å². The van der Waals surface area contributed by atoms with Crippen LogP contribution in [0.15, 0.2) is 24.3 Å². The van der Waals surface area contributed by atoms with Crippen LogP contribution < -0.4 is 16.0 Å². The Bertz CT molecular complexity index is 757. The van der Waals surface area contributed by atoms with Gasteiger partial charge >= 0.3 is 5.97 Å². The second kappa shape index (κ2) is 12.9. The maximum atomic E-state index is 12.7. The number of nitrogen functional groups attached to an aromatic ring is 1. The van der Waals surface area contributed by atoms with E-state index in [2.05, 4.69) is 10.2 Å². The number of carbonyl (C=O) groups is 2. The molecule has 1 aliphatic heterocycles. The largest absolute Gasteiger partial charge is 0.463 e. The normalized spacial score (nSPS) is 21.2. The number of ether oxygens (including phenoxy) is 1. The van der Waals surface area contributed by atoms with Gasteiger partial charge in [0.25, 0.3) is 0 Å². The van der Waals surface area contributed by atoms with Crippen molar-refractivity contribution >= 4 is 48.2 Å². The first-order valence-corrected chi connectivity index (χ1v) is 11.0. The minimum atomic E-state index is -0.0986. The average molecular weight is 487 g/mol. The van der Waals surface area contributed by atoms with Gasteiger partial charge in [0.1, 0.15) is 5.84 Å². The molecule has 1 aliphatic carbocycles. The Morgan fingerprint density at radius 1 is 1.00 bits per heavy atom. The maximum Gasteiger partial charge on any atom is 0.309 e. The third kappa shape index (κ3) is 7.55. The zero-order valence-electron chi connectivity index (χ0n) is 18.8. The summed E-state index contributed by atoms with van der Waals surface area (Å²) in [6.07, 6.45) is 4.83. The molecule has 1 saturated carbocycles. The summed E-state index contributed by atoms with van der Waals surface area (Å²) in [5, 5.41) is 10.7. The highest BCUT2D eigenvalue weighted by atomic mass is 35.5. The molecule has 1 aromatic rings. The van der Waals surface area contributed by atoms with Crippen LogP contribution in [0.3, 0.4) is 0 Å². The van der Waals surface area contributed by atoms with E-state index < -0.39 is 0 Å². The van der Waals surface area contributed by atoms with Crippen molar-refractivity contribution in [2.45, 2.75) is 64.5 Å². The number of hydrogen-bond donors (Lipinski definition) is 3. The summed E-state index contributed by atoms with van der Waals surface area (Å²) in [5.41, 5.74) is 7.34. The van der Waals surface area contributed by atoms with Gasteiger partial charge < -0.3 is 20.7 Å². The molecule has 9 heteroatoms. The van der Waals surface area contributed by atoms with Crippen molar-refractivity contribution in [2.24, 2.45) is 17.6 Å². The Balaban J connectivity index is 0.00000256. The summed E-state index contributed by atoms with van der Waals surface area (Å²) in [5.74, 6) is 0.135. The van der Waals surface area contributed by atoms with Gasteiger partial charge in [-0.15, -0.1) is 24.8 Å². The molecule has 2 fully saturated rings. The van der Waals surface area contributed by atoms with Gasteiger partial charge in [-0.2, -0.15) is 0 Å². The SMILES string of the molecule is CC(C)OC(=O)C1CCC(NC(=O)C2CCN(c3ccc(C(=N)N)cc3)CC2)CC1.Cl.Cl. The van der Waals surface area contributed by atoms with Crippen molar-refractivity contribution in [1.29, 1.82) is 5.41 Å². The summed E-state index contributed by atoms with van der Waals surface area (Å²) < 4.78 is 5.32. The van der Waals surface area contributed by atoms with Crippen LogP contribution in [-0.2, 0) is 14.3 Å². The fourth-order valence-electron chi connectivity index (χ4n) is 4.37. The third-order valence-corrected chi connectivity index (χ3v) is 6.17. The summed E-state index contributed by atoms with van der Waals surface area (Å²) in [6.45, 7) is 5.42. The molecule has 1 aromatic carbocycles. The molecule has 2 aliphatic rings. The van der Waals surface area contributed by atoms with E-state index in [4.69, 9.17) is 15.9 Å². The average Bonchev–Trinajstić information content (AvgIpc) is 2.74. The second-order valence-corrected chi connectivity index (χ2v) is 8.76. The van der Waals surface area contributed by atoms with E-state index >= 15 is 0 Å². The summed E-state index contributed by atoms with van der Waals surface area (Å²) in [6, 6.07) is 7.87. The van der Waals surface area contributed by atoms with Crippen molar-refractivity contribution < 1.29 is 14.3 Å². The smallest absolute Gasteiger partial charge is 0.309 e. The number of carbonyl (C=O) groups excluding carboxylic acids is 2. The molecule has 0 atom stereocenters. The molecule has 1 heterocycles. The number of nitrogens with zero attached hydrogens (tertiary/aromatic N) is 1. The Hall–Kier alpha value is -1.99. The van der Waals surface area contributed by atoms with Crippen LogP contribution >= 0.6 is 24.8 Å². The lowest BCUT2D eigenvalue weighted by Crippen LogP contribution is -2.45. The predicted molar refractivity (Wildman–Crippen MR) is 132 cm³/mol. The van der Waals surface area contributed by atoms with Crippen LogP contribution in [0.1, 0.15) is 57.9 Å². The number of rotatable bonds is 6. The van der Waals surface area contributed by atoms with Gasteiger partial charge in [0, 0.05) is 36.3 Å². The van der Waals surface area contributed by atoms with E-state index in [-0.39, 0.29) is 66.5 Å². The molecule has 0 radical (unpaired) electrons. The molecule has 0 bridgehead atoms. The number of halogens is 2. The topological polar surface area (TPSA) is 109 Å². The zero-order valence-corrected chi connectivity index (χ0v) is 20.5. The summed E-state index contributed by atoms with van der Waals surface area (Å²) in [7, 11) is 0. The standard InChI is InChI=1S/C23H34N4O3.2ClH/c1-15(2)30-23(29)18-3-7-19(8-4-18)26-22(28)17-11-13-27(14-12-17)20-9-5-16(6-10-20)21(24)25;;/h5-6,9-10,15,17-19H,3-4,7-8,11-14H2,1-2H3,(H3,24,25)(H,26,28);2*1H. The van der Waals surface area contributed by atoms with E-state index in [1.165, 1.54) is 0 Å². The van der Waals surface area contributed by atoms with Gasteiger partial charge in [-0.3, -0.25) is 15.0 Å². The van der Waals surface area contributed by atoms with E-state index in [0.717, 1.165) is 62.9 Å². The van der Waals surface area contributed by atoms with E-state index in [9.17, 15) is 9.59 Å². The lowest BCUT2D eigenvalue weighted by molar-refractivity contribution is -0.153. The number of benzene rings is 1. The number of amidine groups is 1. The van der Waals surface area contributed by atoms with Crippen LogP contribution in [0.25, 0.3) is 0 Å². The molecule has 32 heavy (non-hydrogen) atoms. The van der Waals surface area contributed by atoms with Crippen LogP contribution in [0.5, 0.6) is 0 Å². The lowest BCUT2D eigenvalue weighted by atomic mass is 9.85. The molecule has 7 nitrogen and oxygen atoms in total. The van der Waals surface area contributed by atoms with Crippen molar-refractivity contribution in [2.75, 3.05) is 18.0 Å². The number of esters is 1. The minimum absolute atomic E-state index is 0. The molecule has 1 saturated heterocycles. The number of nitrogens with two attached hydrogens (primary N) is 1. The van der Waals surface area contributed by atoms with Crippen molar-refractivity contribution in [3.63, 3.8) is 0 Å². The van der Waals surface area contributed by atoms with Gasteiger partial charge in [-0.05, 0) is 76.6 Å². The zero-order chi connectivity index (χ0) is 21.7. The maximum absolute atomic E-state index is 12.7. The monoisotopic (exact) mass is 486 g/mol. The van der Waals surface area contributed by atoms with Crippen molar-refractivity contribution in [3.8, 4) is 0 Å². The number of hydrogen-bond acceptors (Lipinski definition) is 5. The van der Waals surface area contributed by atoms with E-state index in [0.29, 0.717) is 0 Å². The fourth-order valence-corrected chi connectivity index (χ4v) is 4.37. The molecular weight excluding hydrogens is 451 g/mol. The van der Waals surface area contributed by atoms with Gasteiger partial charge in [0.2, 0.25) is 5.91 Å². The van der Waals surface area contributed by atoms with Crippen LogP contribution in [0, 0.1) is 17.2 Å². The third-order valence-electron chi connectivity index (χ3n) is 6.17. The Morgan fingerprint density at radius 2 is 1.56 bits per heavy atom. The quantitative estimate of drug-likeness (QED) is 0.323. The molecule has 3 rings (SSSR count). The Labute approximate surface area is 203 Å². The first kappa shape index (κ1) is 28.0. The molecular formula is C23H36Cl2N4O3. The molecule has 180 valence electrons. The number of anilines is 1. The molecule has 4 N–H and O–H groups in total. The molecule has 1 amide bonds. The summed E-state index contributed by atoms with van der Waals surface area (Å²) >= 11 is 0. The van der Waals surface area contributed by atoms with Gasteiger partial charge in [-0.1, -0.05) is 0 Å². The number of amides is 1. The van der Waals surface area contributed by atoms with Crippen LogP contribution in [0.4, 0.5) is 5.69 Å². The molecule has 0 unspecified atom stereocenters. The highest BCUT2D eigenvalue weighted by Gasteiger charge is 2.31. The Kier molecular flexibility index (Phi) is 11.3. The fraction of sp³-hybridized carbons (Fsp3) is 0.609. The van der Waals surface area contributed by atoms with Gasteiger partial charge in [0.15, 0.2) is 0 Å². The minimum Gasteiger partial charge on any atom is -0.463 e. The first-order chi connectivity index (χ1) is 14.3. The molecule has 0 aromatic heterocycles. The first-order valence-electron chi connectivity index (χ1n) is 11.0. The van der Waals surface area contributed by atoms with Crippen LogP contribution in [0.2, 0.25) is 0 Å². The predicted octanol–water partition coefficient (Wildman–Crippen LogP) is 3.66. The highest BCUT2D eigenvalue weighted by Crippen LogP contribution is 2.28.